The Balaban J connectivity index is 1.49. The van der Waals surface area contributed by atoms with Crippen LogP contribution < -0.4 is 5.56 Å². The Hall–Kier alpha value is -1.80. The van der Waals surface area contributed by atoms with Gasteiger partial charge in [-0.25, -0.2) is 0 Å². The summed E-state index contributed by atoms with van der Waals surface area (Å²) in [7, 11) is 0. The van der Waals surface area contributed by atoms with E-state index in [4.69, 9.17) is 0 Å². The van der Waals surface area contributed by atoms with Crippen LogP contribution in [0.2, 0.25) is 0 Å². The molecule has 0 spiro atoms. The number of nitrogens with zero attached hydrogens (tertiary/aromatic N) is 1. The highest BCUT2D eigenvalue weighted by Crippen LogP contribution is 2.31. The predicted molar refractivity (Wildman–Crippen MR) is 83.9 cm³/mol. The van der Waals surface area contributed by atoms with Gasteiger partial charge in [0, 0.05) is 30.8 Å². The van der Waals surface area contributed by atoms with Gasteiger partial charge in [0.15, 0.2) is 0 Å². The molecule has 4 rings (SSSR count). The minimum Gasteiger partial charge on any atom is -0.350 e. The molecule has 6 nitrogen and oxygen atoms in total. The Labute approximate surface area is 131 Å². The van der Waals surface area contributed by atoms with Crippen LogP contribution >= 0.6 is 27.3 Å². The van der Waals surface area contributed by atoms with E-state index < -0.39 is 0 Å². The molecule has 3 N–H and O–H groups in total. The predicted octanol–water partition coefficient (Wildman–Crippen LogP) is 2.25. The minimum atomic E-state index is -0.134. The van der Waals surface area contributed by atoms with Gasteiger partial charge in [-0.1, -0.05) is 0 Å². The highest BCUT2D eigenvalue weighted by molar-refractivity contribution is 9.11. The molecule has 0 bridgehead atoms. The number of aromatic amines is 3. The molecule has 0 aliphatic carbocycles. The van der Waals surface area contributed by atoms with Gasteiger partial charge in [0.1, 0.15) is 5.69 Å². The molecular formula is C13H11BrN4O2S. The fraction of sp³-hybridized carbons (Fsp3) is 0.231. The molecule has 21 heavy (non-hydrogen) atoms. The number of halogens is 1. The lowest BCUT2D eigenvalue weighted by Crippen LogP contribution is -2.48. The lowest BCUT2D eigenvalue weighted by Gasteiger charge is -2.38. The van der Waals surface area contributed by atoms with Crippen molar-refractivity contribution in [2.75, 3.05) is 13.1 Å². The van der Waals surface area contributed by atoms with Crippen molar-refractivity contribution in [3.8, 4) is 0 Å². The third-order valence-corrected chi connectivity index (χ3v) is 5.32. The highest BCUT2D eigenvalue weighted by atomic mass is 79.9. The van der Waals surface area contributed by atoms with E-state index in [1.54, 1.807) is 22.3 Å². The number of aromatic nitrogens is 3. The lowest BCUT2D eigenvalue weighted by atomic mass is 9.96. The topological polar surface area (TPSA) is 84.8 Å². The quantitative estimate of drug-likeness (QED) is 0.649. The van der Waals surface area contributed by atoms with Gasteiger partial charge in [-0.3, -0.25) is 14.7 Å². The summed E-state index contributed by atoms with van der Waals surface area (Å²) < 4.78 is 2.11. The third-order valence-electron chi connectivity index (χ3n) is 3.73. The van der Waals surface area contributed by atoms with Crippen LogP contribution in [0, 0.1) is 0 Å². The van der Waals surface area contributed by atoms with Gasteiger partial charge in [-0.05, 0) is 28.1 Å². The van der Waals surface area contributed by atoms with Crippen molar-refractivity contribution in [1.82, 2.24) is 20.1 Å². The van der Waals surface area contributed by atoms with Crippen molar-refractivity contribution < 1.29 is 4.79 Å². The number of thiophene rings is 1. The first-order chi connectivity index (χ1) is 10.1. The molecule has 1 saturated heterocycles. The van der Waals surface area contributed by atoms with Gasteiger partial charge >= 0.3 is 0 Å². The summed E-state index contributed by atoms with van der Waals surface area (Å²) in [5.41, 5.74) is 2.32. The molecule has 3 aromatic heterocycles. The molecule has 0 radical (unpaired) electrons. The van der Waals surface area contributed by atoms with Crippen LogP contribution in [0.25, 0.3) is 10.2 Å². The number of carbonyl (C=O) groups excluding carboxylic acids is 1. The van der Waals surface area contributed by atoms with Crippen molar-refractivity contribution in [1.29, 1.82) is 0 Å². The molecule has 4 heterocycles. The molecule has 0 saturated carbocycles. The van der Waals surface area contributed by atoms with E-state index in [2.05, 4.69) is 31.1 Å². The first kappa shape index (κ1) is 12.9. The van der Waals surface area contributed by atoms with Crippen LogP contribution in [0.4, 0.5) is 0 Å². The third kappa shape index (κ3) is 2.14. The summed E-state index contributed by atoms with van der Waals surface area (Å²) in [4.78, 5) is 28.4. The molecule has 108 valence electrons. The number of amides is 1. The Kier molecular flexibility index (Phi) is 2.83. The maximum atomic E-state index is 12.4. The zero-order valence-electron chi connectivity index (χ0n) is 10.8. The van der Waals surface area contributed by atoms with E-state index >= 15 is 0 Å². The van der Waals surface area contributed by atoms with E-state index in [0.717, 1.165) is 19.7 Å². The fourth-order valence-corrected chi connectivity index (χ4v) is 4.12. The zero-order chi connectivity index (χ0) is 14.6. The zero-order valence-corrected chi connectivity index (χ0v) is 13.2. The lowest BCUT2D eigenvalue weighted by molar-refractivity contribution is 0.0593. The second-order valence-corrected chi connectivity index (χ2v) is 7.60. The van der Waals surface area contributed by atoms with Crippen LogP contribution in [-0.2, 0) is 0 Å². The maximum absolute atomic E-state index is 12.4. The van der Waals surface area contributed by atoms with Gasteiger partial charge in [0.2, 0.25) is 0 Å². The van der Waals surface area contributed by atoms with Crippen LogP contribution in [0.1, 0.15) is 22.1 Å². The molecule has 3 aromatic rings. The van der Waals surface area contributed by atoms with Gasteiger partial charge < -0.3 is 15.0 Å². The summed E-state index contributed by atoms with van der Waals surface area (Å²) in [6, 6.07) is 5.41. The van der Waals surface area contributed by atoms with Crippen molar-refractivity contribution in [2.24, 2.45) is 0 Å². The van der Waals surface area contributed by atoms with Gasteiger partial charge in [0.25, 0.3) is 11.5 Å². The molecule has 8 heteroatoms. The highest BCUT2D eigenvalue weighted by Gasteiger charge is 2.33. The van der Waals surface area contributed by atoms with E-state index in [-0.39, 0.29) is 17.4 Å². The maximum Gasteiger partial charge on any atom is 0.270 e. The van der Waals surface area contributed by atoms with Crippen molar-refractivity contribution >= 4 is 43.4 Å². The minimum absolute atomic E-state index is 0.00338. The number of rotatable bonds is 2. The number of likely N-dealkylation sites (tertiary alicyclic amines) is 1. The van der Waals surface area contributed by atoms with Crippen LogP contribution in [0.5, 0.6) is 0 Å². The number of hydrogen-bond donors (Lipinski definition) is 3. The Morgan fingerprint density at radius 3 is 2.76 bits per heavy atom. The van der Waals surface area contributed by atoms with Crippen LogP contribution in [-0.4, -0.2) is 39.1 Å². The second kappa shape index (κ2) is 4.60. The number of carbonyl (C=O) groups is 1. The average Bonchev–Trinajstić information content (AvgIpc) is 3.01. The average molecular weight is 367 g/mol. The molecule has 1 fully saturated rings. The SMILES string of the molecule is O=C(c1cc2sc(Br)cc2[nH]1)N1CC(c2cc(=O)[nH][nH]2)C1. The number of fused-ring (bicyclic) bond motifs is 1. The molecule has 1 aliphatic heterocycles. The Morgan fingerprint density at radius 1 is 1.29 bits per heavy atom. The summed E-state index contributed by atoms with van der Waals surface area (Å²) in [5, 5.41) is 5.36. The van der Waals surface area contributed by atoms with Gasteiger partial charge in [-0.2, -0.15) is 0 Å². The number of nitrogens with one attached hydrogen (secondary N) is 3. The Morgan fingerprint density at radius 2 is 2.10 bits per heavy atom. The molecular weight excluding hydrogens is 356 g/mol. The largest absolute Gasteiger partial charge is 0.350 e. The standard InChI is InChI=1S/C13H11BrN4O2S/c14-11-2-8-10(21-11)1-9(15-8)13(20)18-4-6(5-18)7-3-12(19)17-16-7/h1-3,6,15H,4-5H2,(H2,16,17,19). The molecule has 0 aromatic carbocycles. The smallest absolute Gasteiger partial charge is 0.270 e. The molecule has 0 unspecified atom stereocenters. The first-order valence-corrected chi connectivity index (χ1v) is 8.06. The summed E-state index contributed by atoms with van der Waals surface area (Å²) in [6.07, 6.45) is 0. The monoisotopic (exact) mass is 366 g/mol. The number of H-pyrrole nitrogens is 3. The van der Waals surface area contributed by atoms with Gasteiger partial charge in [0.05, 0.1) is 14.0 Å². The summed E-state index contributed by atoms with van der Waals surface area (Å²) in [6.45, 7) is 1.26. The van der Waals surface area contributed by atoms with E-state index in [1.807, 2.05) is 12.1 Å². The van der Waals surface area contributed by atoms with E-state index in [1.165, 1.54) is 0 Å². The summed E-state index contributed by atoms with van der Waals surface area (Å²) in [5.74, 6) is 0.210. The summed E-state index contributed by atoms with van der Waals surface area (Å²) >= 11 is 5.02. The molecule has 1 aliphatic rings. The van der Waals surface area contributed by atoms with Gasteiger partial charge in [-0.15, -0.1) is 11.3 Å². The van der Waals surface area contributed by atoms with Crippen LogP contribution in [0.3, 0.4) is 0 Å². The number of hydrogen-bond acceptors (Lipinski definition) is 3. The molecule has 0 atom stereocenters. The fourth-order valence-electron chi connectivity index (χ4n) is 2.58. The first-order valence-electron chi connectivity index (χ1n) is 6.45. The van der Waals surface area contributed by atoms with E-state index in [0.29, 0.717) is 18.8 Å². The van der Waals surface area contributed by atoms with Crippen molar-refractivity contribution in [3.63, 3.8) is 0 Å². The van der Waals surface area contributed by atoms with E-state index in [9.17, 15) is 9.59 Å². The van der Waals surface area contributed by atoms with Crippen molar-refractivity contribution in [3.05, 3.63) is 43.7 Å². The van der Waals surface area contributed by atoms with Crippen LogP contribution in [0.15, 0.2) is 26.8 Å². The Bertz CT molecular complexity index is 852. The normalized spacial score (nSPS) is 15.6. The van der Waals surface area contributed by atoms with Crippen molar-refractivity contribution in [2.45, 2.75) is 5.92 Å². The second-order valence-electron chi connectivity index (χ2n) is 5.13. The molecule has 1 amide bonds.